The van der Waals surface area contributed by atoms with Gasteiger partial charge in [0, 0.05) is 31.4 Å². The standard InChI is InChI=1S/C17H19N7O2/c1-11(25)20-12-2-4-13(5-3-12)21-15-14-16(19-10-18-15)23-17(22-14)24-6-8-26-9-7-24/h2-5,10H,6-9H2,1H3,(H,20,25)(H2,18,19,21,22,23). The fourth-order valence-corrected chi connectivity index (χ4v) is 2.81. The zero-order valence-corrected chi connectivity index (χ0v) is 14.3. The van der Waals surface area contributed by atoms with Gasteiger partial charge in [-0.05, 0) is 24.3 Å². The summed E-state index contributed by atoms with van der Waals surface area (Å²) in [6, 6.07) is 7.40. The molecule has 0 radical (unpaired) electrons. The van der Waals surface area contributed by atoms with Gasteiger partial charge in [-0.2, -0.15) is 4.98 Å². The summed E-state index contributed by atoms with van der Waals surface area (Å²) < 4.78 is 5.38. The fourth-order valence-electron chi connectivity index (χ4n) is 2.81. The number of rotatable bonds is 4. The number of hydrogen-bond acceptors (Lipinski definition) is 7. The van der Waals surface area contributed by atoms with Crippen LogP contribution < -0.4 is 15.5 Å². The molecule has 1 aliphatic rings. The van der Waals surface area contributed by atoms with Crippen LogP contribution in [0.1, 0.15) is 6.92 Å². The molecule has 1 saturated heterocycles. The van der Waals surface area contributed by atoms with Crippen LogP contribution in [0.15, 0.2) is 30.6 Å². The Kier molecular flexibility index (Phi) is 4.36. The Bertz CT molecular complexity index is 917. The summed E-state index contributed by atoms with van der Waals surface area (Å²) in [5.41, 5.74) is 2.95. The van der Waals surface area contributed by atoms with Crippen LogP contribution in [0, 0.1) is 0 Å². The van der Waals surface area contributed by atoms with Gasteiger partial charge in [-0.25, -0.2) is 9.97 Å². The summed E-state index contributed by atoms with van der Waals surface area (Å²) in [5.74, 6) is 1.32. The zero-order chi connectivity index (χ0) is 17.9. The number of H-pyrrole nitrogens is 1. The van der Waals surface area contributed by atoms with E-state index in [4.69, 9.17) is 4.74 Å². The van der Waals surface area contributed by atoms with Gasteiger partial charge >= 0.3 is 0 Å². The smallest absolute Gasteiger partial charge is 0.221 e. The van der Waals surface area contributed by atoms with Crippen LogP contribution in [0.2, 0.25) is 0 Å². The molecule has 1 amide bonds. The quantitative estimate of drug-likeness (QED) is 0.657. The maximum atomic E-state index is 11.1. The fraction of sp³-hybridized carbons (Fsp3) is 0.294. The van der Waals surface area contributed by atoms with Gasteiger partial charge in [0.25, 0.3) is 0 Å². The van der Waals surface area contributed by atoms with Gasteiger partial charge in [-0.3, -0.25) is 4.79 Å². The first-order valence-electron chi connectivity index (χ1n) is 8.37. The van der Waals surface area contributed by atoms with Crippen LogP contribution in [0.3, 0.4) is 0 Å². The van der Waals surface area contributed by atoms with E-state index in [0.717, 1.165) is 35.9 Å². The number of ether oxygens (including phenoxy) is 1. The first-order chi connectivity index (χ1) is 12.7. The molecule has 4 rings (SSSR count). The van der Waals surface area contributed by atoms with Gasteiger partial charge in [0.05, 0.1) is 13.2 Å². The van der Waals surface area contributed by atoms with Crippen LogP contribution in [-0.4, -0.2) is 52.1 Å². The molecule has 0 saturated carbocycles. The number of aromatic nitrogens is 4. The highest BCUT2D eigenvalue weighted by molar-refractivity contribution is 5.89. The Balaban J connectivity index is 1.58. The van der Waals surface area contributed by atoms with Crippen molar-refractivity contribution >= 4 is 40.2 Å². The average Bonchev–Trinajstić information content (AvgIpc) is 3.09. The Labute approximate surface area is 149 Å². The van der Waals surface area contributed by atoms with Crippen LogP contribution in [0.25, 0.3) is 11.2 Å². The van der Waals surface area contributed by atoms with Crippen molar-refractivity contribution in [3.05, 3.63) is 30.6 Å². The molecule has 9 heteroatoms. The Hall–Kier alpha value is -3.20. The SMILES string of the molecule is CC(=O)Nc1ccc(Nc2ncnc3nc(N4CCOCC4)[nH]c23)cc1. The number of imidazole rings is 1. The number of benzene rings is 1. The van der Waals surface area contributed by atoms with E-state index in [-0.39, 0.29) is 5.91 Å². The zero-order valence-electron chi connectivity index (χ0n) is 14.3. The highest BCUT2D eigenvalue weighted by Gasteiger charge is 2.17. The molecule has 1 aliphatic heterocycles. The van der Waals surface area contributed by atoms with Gasteiger partial charge in [0.2, 0.25) is 11.9 Å². The van der Waals surface area contributed by atoms with Crippen LogP contribution in [0.5, 0.6) is 0 Å². The third kappa shape index (κ3) is 3.42. The normalized spacial score (nSPS) is 14.4. The molecule has 0 spiro atoms. The van der Waals surface area contributed by atoms with Crippen molar-refractivity contribution in [1.29, 1.82) is 0 Å². The molecule has 0 unspecified atom stereocenters. The van der Waals surface area contributed by atoms with Gasteiger partial charge in [-0.1, -0.05) is 0 Å². The van der Waals surface area contributed by atoms with Gasteiger partial charge in [-0.15, -0.1) is 0 Å². The summed E-state index contributed by atoms with van der Waals surface area (Å²) >= 11 is 0. The van der Waals surface area contributed by atoms with Crippen molar-refractivity contribution in [3.63, 3.8) is 0 Å². The summed E-state index contributed by atoms with van der Waals surface area (Å²) in [7, 11) is 0. The highest BCUT2D eigenvalue weighted by atomic mass is 16.5. The topological polar surface area (TPSA) is 108 Å². The third-order valence-corrected chi connectivity index (χ3v) is 4.05. The Morgan fingerprint density at radius 3 is 2.62 bits per heavy atom. The second-order valence-electron chi connectivity index (χ2n) is 5.96. The molecule has 2 aromatic heterocycles. The minimum absolute atomic E-state index is 0.101. The number of nitrogens with zero attached hydrogens (tertiary/aromatic N) is 4. The molecule has 9 nitrogen and oxygen atoms in total. The molecule has 1 aromatic carbocycles. The number of anilines is 4. The molecular weight excluding hydrogens is 334 g/mol. The van der Waals surface area contributed by atoms with Gasteiger partial charge in [0.15, 0.2) is 11.5 Å². The van der Waals surface area contributed by atoms with E-state index in [0.29, 0.717) is 24.7 Å². The van der Waals surface area contributed by atoms with Crippen molar-refractivity contribution in [3.8, 4) is 0 Å². The number of aromatic amines is 1. The number of amides is 1. The predicted molar refractivity (Wildman–Crippen MR) is 98.7 cm³/mol. The number of fused-ring (bicyclic) bond motifs is 1. The lowest BCUT2D eigenvalue weighted by Crippen LogP contribution is -2.36. The molecule has 26 heavy (non-hydrogen) atoms. The monoisotopic (exact) mass is 353 g/mol. The number of hydrogen-bond donors (Lipinski definition) is 3. The van der Waals surface area contributed by atoms with Crippen molar-refractivity contribution in [2.45, 2.75) is 6.92 Å². The lowest BCUT2D eigenvalue weighted by Gasteiger charge is -2.25. The first kappa shape index (κ1) is 16.3. The second kappa shape index (κ2) is 6.96. The average molecular weight is 353 g/mol. The molecular formula is C17H19N7O2. The largest absolute Gasteiger partial charge is 0.378 e. The lowest BCUT2D eigenvalue weighted by molar-refractivity contribution is -0.114. The number of carbonyl (C=O) groups excluding carboxylic acids is 1. The molecule has 0 bridgehead atoms. The molecule has 0 aliphatic carbocycles. The van der Waals surface area contributed by atoms with Crippen LogP contribution in [0.4, 0.5) is 23.1 Å². The molecule has 0 atom stereocenters. The number of nitrogens with one attached hydrogen (secondary N) is 3. The minimum atomic E-state index is -0.101. The minimum Gasteiger partial charge on any atom is -0.378 e. The number of morpholine rings is 1. The lowest BCUT2D eigenvalue weighted by atomic mass is 10.2. The predicted octanol–water partition coefficient (Wildman–Crippen LogP) is 1.89. The summed E-state index contributed by atoms with van der Waals surface area (Å²) in [5, 5.41) is 6.01. The van der Waals surface area contributed by atoms with E-state index in [1.54, 1.807) is 0 Å². The van der Waals surface area contributed by atoms with E-state index < -0.39 is 0 Å². The van der Waals surface area contributed by atoms with E-state index in [9.17, 15) is 4.79 Å². The van der Waals surface area contributed by atoms with Gasteiger partial charge < -0.3 is 25.3 Å². The molecule has 134 valence electrons. The van der Waals surface area contributed by atoms with E-state index in [2.05, 4.69) is 35.5 Å². The molecule has 3 heterocycles. The van der Waals surface area contributed by atoms with E-state index in [1.165, 1.54) is 13.3 Å². The van der Waals surface area contributed by atoms with E-state index in [1.807, 2.05) is 24.3 Å². The molecule has 3 N–H and O–H groups in total. The van der Waals surface area contributed by atoms with Crippen molar-refractivity contribution in [2.24, 2.45) is 0 Å². The first-order valence-corrected chi connectivity index (χ1v) is 8.37. The van der Waals surface area contributed by atoms with Crippen molar-refractivity contribution in [2.75, 3.05) is 41.8 Å². The van der Waals surface area contributed by atoms with Crippen LogP contribution >= 0.6 is 0 Å². The maximum Gasteiger partial charge on any atom is 0.221 e. The van der Waals surface area contributed by atoms with Gasteiger partial charge in [0.1, 0.15) is 11.8 Å². The van der Waals surface area contributed by atoms with Crippen LogP contribution in [-0.2, 0) is 9.53 Å². The Morgan fingerprint density at radius 1 is 1.15 bits per heavy atom. The summed E-state index contributed by atoms with van der Waals surface area (Å²) in [6.45, 7) is 4.44. The molecule has 3 aromatic rings. The molecule has 1 fully saturated rings. The summed E-state index contributed by atoms with van der Waals surface area (Å²) in [4.78, 5) is 29.7. The van der Waals surface area contributed by atoms with E-state index >= 15 is 0 Å². The highest BCUT2D eigenvalue weighted by Crippen LogP contribution is 2.25. The van der Waals surface area contributed by atoms with Crippen molar-refractivity contribution in [1.82, 2.24) is 19.9 Å². The Morgan fingerprint density at radius 2 is 1.88 bits per heavy atom. The van der Waals surface area contributed by atoms with Crippen molar-refractivity contribution < 1.29 is 9.53 Å². The summed E-state index contributed by atoms with van der Waals surface area (Å²) in [6.07, 6.45) is 1.49. The second-order valence-corrected chi connectivity index (χ2v) is 5.96. The third-order valence-electron chi connectivity index (χ3n) is 4.05. The number of carbonyl (C=O) groups is 1. The maximum absolute atomic E-state index is 11.1.